The van der Waals surface area contributed by atoms with Gasteiger partial charge in [0.2, 0.25) is 0 Å². The van der Waals surface area contributed by atoms with Gasteiger partial charge in [0, 0.05) is 23.8 Å². The third kappa shape index (κ3) is 6.50. The van der Waals surface area contributed by atoms with Crippen molar-refractivity contribution in [3.05, 3.63) is 94.8 Å². The SMILES string of the molecule is CCCCc1ccc(-c2ccc(C(=O)Oc3cc(F)c(/C=C/C(F)(F)F)c(F)c3)c(F)c2)cc1. The van der Waals surface area contributed by atoms with E-state index in [-0.39, 0.29) is 12.2 Å². The molecule has 0 radical (unpaired) electrons. The van der Waals surface area contributed by atoms with Crippen LogP contribution in [0, 0.1) is 17.5 Å². The van der Waals surface area contributed by atoms with Gasteiger partial charge >= 0.3 is 12.1 Å². The molecule has 0 aliphatic carbocycles. The lowest BCUT2D eigenvalue weighted by molar-refractivity contribution is -0.0790. The molecule has 0 fully saturated rings. The fraction of sp³-hybridized carbons (Fsp3) is 0.192. The number of carbonyl (C=O) groups excluding carboxylic acids is 1. The summed E-state index contributed by atoms with van der Waals surface area (Å²) < 4.78 is 84.2. The summed E-state index contributed by atoms with van der Waals surface area (Å²) in [6.07, 6.45) is -1.78. The number of hydrogen-bond donors (Lipinski definition) is 0. The minimum Gasteiger partial charge on any atom is -0.423 e. The van der Waals surface area contributed by atoms with E-state index < -0.39 is 46.5 Å². The van der Waals surface area contributed by atoms with Gasteiger partial charge in [-0.3, -0.25) is 0 Å². The first-order valence-electron chi connectivity index (χ1n) is 10.4. The second kappa shape index (κ2) is 10.6. The van der Waals surface area contributed by atoms with E-state index in [1.165, 1.54) is 12.1 Å². The molecule has 0 heterocycles. The van der Waals surface area contributed by atoms with E-state index in [1.54, 1.807) is 0 Å². The lowest BCUT2D eigenvalue weighted by atomic mass is 10.0. The zero-order valence-corrected chi connectivity index (χ0v) is 18.1. The van der Waals surface area contributed by atoms with E-state index in [9.17, 15) is 31.1 Å². The lowest BCUT2D eigenvalue weighted by Crippen LogP contribution is -2.11. The van der Waals surface area contributed by atoms with Crippen molar-refractivity contribution < 1.29 is 35.9 Å². The molecular formula is C26H20F6O2. The Bertz CT molecular complexity index is 1170. The van der Waals surface area contributed by atoms with Crippen LogP contribution in [0.15, 0.2) is 60.7 Å². The van der Waals surface area contributed by atoms with Crippen LogP contribution in [0.3, 0.4) is 0 Å². The summed E-state index contributed by atoms with van der Waals surface area (Å²) in [7, 11) is 0. The standard InChI is InChI=1S/C26H20F6O2/c1-2-3-4-16-5-7-17(8-6-16)18-9-10-21(22(27)13-18)25(33)34-19-14-23(28)20(24(29)15-19)11-12-26(30,31)32/h5-15H,2-4H2,1H3/b12-11+. The number of unbranched alkanes of at least 4 members (excludes halogenated alkanes) is 1. The van der Waals surface area contributed by atoms with Crippen molar-refractivity contribution >= 4 is 12.0 Å². The van der Waals surface area contributed by atoms with Gasteiger partial charge in [-0.05, 0) is 47.7 Å². The van der Waals surface area contributed by atoms with E-state index in [2.05, 4.69) is 6.92 Å². The number of allylic oxidation sites excluding steroid dienone is 1. The Labute approximate surface area is 192 Å². The molecule has 0 saturated carbocycles. The molecule has 34 heavy (non-hydrogen) atoms. The van der Waals surface area contributed by atoms with Crippen LogP contribution >= 0.6 is 0 Å². The minimum atomic E-state index is -4.76. The Morgan fingerprint density at radius 3 is 2.06 bits per heavy atom. The second-order valence-electron chi connectivity index (χ2n) is 7.56. The molecule has 0 aromatic heterocycles. The van der Waals surface area contributed by atoms with E-state index in [0.29, 0.717) is 17.7 Å². The van der Waals surface area contributed by atoms with Gasteiger partial charge in [-0.15, -0.1) is 0 Å². The summed E-state index contributed by atoms with van der Waals surface area (Å²) in [5, 5.41) is 0. The highest BCUT2D eigenvalue weighted by atomic mass is 19.4. The predicted molar refractivity (Wildman–Crippen MR) is 117 cm³/mol. The maximum Gasteiger partial charge on any atom is 0.409 e. The largest absolute Gasteiger partial charge is 0.423 e. The summed E-state index contributed by atoms with van der Waals surface area (Å²) in [4.78, 5) is 12.3. The van der Waals surface area contributed by atoms with Crippen LogP contribution in [-0.2, 0) is 6.42 Å². The number of hydrogen-bond acceptors (Lipinski definition) is 2. The number of benzene rings is 3. The van der Waals surface area contributed by atoms with Crippen molar-refractivity contribution in [1.82, 2.24) is 0 Å². The maximum atomic E-state index is 14.6. The summed E-state index contributed by atoms with van der Waals surface area (Å²) in [6, 6.07) is 12.5. The first kappa shape index (κ1) is 25.1. The molecule has 0 amide bonds. The first-order valence-corrected chi connectivity index (χ1v) is 10.4. The highest BCUT2D eigenvalue weighted by molar-refractivity contribution is 5.92. The van der Waals surface area contributed by atoms with Gasteiger partial charge in [-0.25, -0.2) is 18.0 Å². The summed E-state index contributed by atoms with van der Waals surface area (Å²) >= 11 is 0. The molecule has 0 spiro atoms. The smallest absolute Gasteiger partial charge is 0.409 e. The monoisotopic (exact) mass is 478 g/mol. The van der Waals surface area contributed by atoms with Crippen molar-refractivity contribution in [2.24, 2.45) is 0 Å². The summed E-state index contributed by atoms with van der Waals surface area (Å²) in [5.74, 6) is -5.47. The van der Waals surface area contributed by atoms with Crippen molar-refractivity contribution in [2.45, 2.75) is 32.4 Å². The maximum absolute atomic E-state index is 14.6. The highest BCUT2D eigenvalue weighted by Gasteiger charge is 2.23. The van der Waals surface area contributed by atoms with Gasteiger partial charge in [-0.2, -0.15) is 13.2 Å². The zero-order chi connectivity index (χ0) is 24.9. The molecule has 0 saturated heterocycles. The molecule has 178 valence electrons. The van der Waals surface area contributed by atoms with Crippen molar-refractivity contribution in [3.8, 4) is 16.9 Å². The Morgan fingerprint density at radius 2 is 1.50 bits per heavy atom. The average Bonchev–Trinajstić information content (AvgIpc) is 2.76. The van der Waals surface area contributed by atoms with Crippen LogP contribution in [-0.4, -0.2) is 12.1 Å². The van der Waals surface area contributed by atoms with Gasteiger partial charge < -0.3 is 4.74 Å². The summed E-state index contributed by atoms with van der Waals surface area (Å²) in [5.41, 5.74) is 1.00. The van der Waals surface area contributed by atoms with E-state index in [4.69, 9.17) is 4.74 Å². The number of ether oxygens (including phenoxy) is 1. The molecule has 8 heteroatoms. The van der Waals surface area contributed by atoms with Crippen molar-refractivity contribution in [1.29, 1.82) is 0 Å². The Morgan fingerprint density at radius 1 is 0.882 bits per heavy atom. The molecule has 0 bridgehead atoms. The van der Waals surface area contributed by atoms with Gasteiger partial charge in [0.05, 0.1) is 5.56 Å². The molecule has 2 nitrogen and oxygen atoms in total. The van der Waals surface area contributed by atoms with Crippen LogP contribution in [0.5, 0.6) is 5.75 Å². The predicted octanol–water partition coefficient (Wildman–Crippen LogP) is 7.91. The molecule has 3 aromatic rings. The van der Waals surface area contributed by atoms with Gasteiger partial charge in [0.15, 0.2) is 0 Å². The average molecular weight is 478 g/mol. The molecule has 0 N–H and O–H groups in total. The minimum absolute atomic E-state index is 0.227. The lowest BCUT2D eigenvalue weighted by Gasteiger charge is -2.09. The van der Waals surface area contributed by atoms with Crippen LogP contribution in [0.2, 0.25) is 0 Å². The van der Waals surface area contributed by atoms with Crippen LogP contribution in [0.1, 0.15) is 41.3 Å². The van der Waals surface area contributed by atoms with Gasteiger partial charge in [0.25, 0.3) is 0 Å². The zero-order valence-electron chi connectivity index (χ0n) is 18.1. The number of aryl methyl sites for hydroxylation is 1. The molecule has 0 atom stereocenters. The topological polar surface area (TPSA) is 26.3 Å². The number of carbonyl (C=O) groups is 1. The third-order valence-electron chi connectivity index (χ3n) is 5.00. The fourth-order valence-electron chi connectivity index (χ4n) is 3.22. The molecule has 0 aliphatic heterocycles. The van der Waals surface area contributed by atoms with Crippen LogP contribution in [0.25, 0.3) is 17.2 Å². The van der Waals surface area contributed by atoms with Gasteiger partial charge in [-0.1, -0.05) is 43.7 Å². The quantitative estimate of drug-likeness (QED) is 0.196. The van der Waals surface area contributed by atoms with Gasteiger partial charge in [0.1, 0.15) is 23.2 Å². The molecule has 0 aliphatic rings. The Balaban J connectivity index is 1.76. The fourth-order valence-corrected chi connectivity index (χ4v) is 3.22. The summed E-state index contributed by atoms with van der Waals surface area (Å²) in [6.45, 7) is 2.10. The first-order chi connectivity index (χ1) is 16.1. The Kier molecular flexibility index (Phi) is 7.81. The number of alkyl halides is 3. The van der Waals surface area contributed by atoms with E-state index in [0.717, 1.165) is 36.5 Å². The van der Waals surface area contributed by atoms with Crippen molar-refractivity contribution in [2.75, 3.05) is 0 Å². The molecular weight excluding hydrogens is 458 g/mol. The highest BCUT2D eigenvalue weighted by Crippen LogP contribution is 2.27. The number of esters is 1. The number of rotatable bonds is 7. The van der Waals surface area contributed by atoms with Crippen molar-refractivity contribution in [3.63, 3.8) is 0 Å². The third-order valence-corrected chi connectivity index (χ3v) is 5.00. The van der Waals surface area contributed by atoms with Crippen LogP contribution in [0.4, 0.5) is 26.3 Å². The number of halogens is 6. The van der Waals surface area contributed by atoms with E-state index >= 15 is 0 Å². The molecule has 3 rings (SSSR count). The second-order valence-corrected chi connectivity index (χ2v) is 7.56. The molecule has 3 aromatic carbocycles. The normalized spacial score (nSPS) is 11.7. The molecule has 0 unspecified atom stereocenters. The van der Waals surface area contributed by atoms with Crippen LogP contribution < -0.4 is 4.74 Å². The Hall–Kier alpha value is -3.55. The van der Waals surface area contributed by atoms with E-state index in [1.807, 2.05) is 24.3 Å².